The van der Waals surface area contributed by atoms with Crippen molar-refractivity contribution in [1.82, 2.24) is 0 Å². The molecule has 0 aliphatic carbocycles. The van der Waals surface area contributed by atoms with Gasteiger partial charge in [-0.05, 0) is 25.7 Å². The van der Waals surface area contributed by atoms with Gasteiger partial charge in [0.15, 0.2) is 0 Å². The van der Waals surface area contributed by atoms with Crippen LogP contribution in [0.5, 0.6) is 0 Å². The van der Waals surface area contributed by atoms with E-state index in [1.165, 1.54) is 128 Å². The highest BCUT2D eigenvalue weighted by atomic mass is 16.5. The molecule has 0 aromatic carbocycles. The predicted molar refractivity (Wildman–Crippen MR) is 128 cm³/mol. The third-order valence-corrected chi connectivity index (χ3v) is 6.19. The summed E-state index contributed by atoms with van der Waals surface area (Å²) < 4.78 is 5.22. The van der Waals surface area contributed by atoms with Crippen LogP contribution in [0.1, 0.15) is 156 Å². The molecule has 174 valence electrons. The van der Waals surface area contributed by atoms with Gasteiger partial charge in [0, 0.05) is 6.42 Å². The first-order chi connectivity index (χ1) is 14.2. The summed E-state index contributed by atoms with van der Waals surface area (Å²) in [4.78, 5) is 11.9. The zero-order valence-electron chi connectivity index (χ0n) is 20.5. The summed E-state index contributed by atoms with van der Waals surface area (Å²) >= 11 is 0. The average Bonchev–Trinajstić information content (AvgIpc) is 2.71. The highest BCUT2D eigenvalue weighted by molar-refractivity contribution is 5.69. The monoisotopic (exact) mass is 410 g/mol. The Morgan fingerprint density at radius 3 is 1.24 bits per heavy atom. The Balaban J connectivity index is 3.79. The number of esters is 1. The number of carbonyl (C=O) groups is 1. The molecule has 0 aliphatic rings. The van der Waals surface area contributed by atoms with Gasteiger partial charge in [-0.1, -0.05) is 129 Å². The number of carbonyl (C=O) groups excluding carboxylic acids is 1. The molecule has 0 aliphatic heterocycles. The summed E-state index contributed by atoms with van der Waals surface area (Å²) in [5.41, 5.74) is 0. The second-order valence-electron chi connectivity index (χ2n) is 9.11. The maximum atomic E-state index is 11.9. The number of rotatable bonds is 23. The summed E-state index contributed by atoms with van der Waals surface area (Å²) in [5, 5.41) is 0. The van der Waals surface area contributed by atoms with Crippen LogP contribution in [0.2, 0.25) is 0 Å². The molecule has 0 radical (unpaired) electrons. The molecule has 2 nitrogen and oxygen atoms in total. The van der Waals surface area contributed by atoms with E-state index < -0.39 is 0 Å². The Morgan fingerprint density at radius 2 is 0.897 bits per heavy atom. The molecule has 0 aromatic heterocycles. The van der Waals surface area contributed by atoms with Crippen molar-refractivity contribution in [2.24, 2.45) is 5.92 Å². The van der Waals surface area contributed by atoms with Gasteiger partial charge in [-0.25, -0.2) is 0 Å². The van der Waals surface area contributed by atoms with Crippen LogP contribution in [-0.2, 0) is 9.53 Å². The van der Waals surface area contributed by atoms with Crippen LogP contribution < -0.4 is 0 Å². The van der Waals surface area contributed by atoms with Gasteiger partial charge >= 0.3 is 5.97 Å². The van der Waals surface area contributed by atoms with Crippen molar-refractivity contribution in [1.29, 1.82) is 0 Å². The lowest BCUT2D eigenvalue weighted by atomic mass is 9.91. The summed E-state index contributed by atoms with van der Waals surface area (Å²) in [6, 6.07) is 0. The van der Waals surface area contributed by atoms with Gasteiger partial charge in [-0.3, -0.25) is 4.79 Å². The second kappa shape index (κ2) is 23.7. The Morgan fingerprint density at radius 1 is 0.552 bits per heavy atom. The molecule has 1 atom stereocenters. The predicted octanol–water partition coefficient (Wildman–Crippen LogP) is 9.40. The van der Waals surface area contributed by atoms with Gasteiger partial charge in [0.2, 0.25) is 0 Å². The number of ether oxygens (including phenoxy) is 1. The molecular formula is C27H54O2. The first-order valence-corrected chi connectivity index (χ1v) is 13.4. The number of hydrogen-bond donors (Lipinski definition) is 0. The molecule has 0 aromatic rings. The van der Waals surface area contributed by atoms with Gasteiger partial charge < -0.3 is 4.74 Å². The summed E-state index contributed by atoms with van der Waals surface area (Å²) in [6.45, 7) is 6.98. The highest BCUT2D eigenvalue weighted by Crippen LogP contribution is 2.23. The van der Waals surface area contributed by atoms with Crippen molar-refractivity contribution in [3.8, 4) is 0 Å². The molecule has 0 saturated heterocycles. The molecule has 0 rings (SSSR count). The molecule has 1 unspecified atom stereocenters. The number of hydrogen-bond acceptors (Lipinski definition) is 2. The van der Waals surface area contributed by atoms with Crippen LogP contribution >= 0.6 is 0 Å². The van der Waals surface area contributed by atoms with Gasteiger partial charge in [-0.15, -0.1) is 0 Å². The third kappa shape index (κ3) is 22.0. The van der Waals surface area contributed by atoms with Gasteiger partial charge in [0.25, 0.3) is 0 Å². The molecule has 2 heteroatoms. The van der Waals surface area contributed by atoms with Crippen molar-refractivity contribution >= 4 is 5.97 Å². The van der Waals surface area contributed by atoms with E-state index in [1.54, 1.807) is 0 Å². The van der Waals surface area contributed by atoms with Crippen molar-refractivity contribution in [2.45, 2.75) is 156 Å². The maximum absolute atomic E-state index is 11.9. The van der Waals surface area contributed by atoms with E-state index in [4.69, 9.17) is 4.74 Å². The zero-order chi connectivity index (χ0) is 21.4. The SMILES string of the molecule is CCCCCCCCCCCCC(CCCCCCCCCC)CC(=O)OCC. The maximum Gasteiger partial charge on any atom is 0.306 e. The van der Waals surface area contributed by atoms with E-state index in [-0.39, 0.29) is 5.97 Å². The lowest BCUT2D eigenvalue weighted by molar-refractivity contribution is -0.144. The van der Waals surface area contributed by atoms with E-state index in [0.29, 0.717) is 18.9 Å². The smallest absolute Gasteiger partial charge is 0.306 e. The van der Waals surface area contributed by atoms with Gasteiger partial charge in [-0.2, -0.15) is 0 Å². The minimum atomic E-state index is 0.0177. The van der Waals surface area contributed by atoms with E-state index >= 15 is 0 Å². The molecule has 0 bridgehead atoms. The van der Waals surface area contributed by atoms with E-state index in [9.17, 15) is 4.79 Å². The fraction of sp³-hybridized carbons (Fsp3) is 0.963. The van der Waals surface area contributed by atoms with Crippen molar-refractivity contribution in [3.63, 3.8) is 0 Å². The fourth-order valence-corrected chi connectivity index (χ4v) is 4.29. The van der Waals surface area contributed by atoms with E-state index in [2.05, 4.69) is 13.8 Å². The molecule has 0 N–H and O–H groups in total. The Kier molecular flexibility index (Phi) is 23.3. The van der Waals surface area contributed by atoms with Crippen LogP contribution in [0, 0.1) is 5.92 Å². The minimum Gasteiger partial charge on any atom is -0.466 e. The molecule has 0 spiro atoms. The Hall–Kier alpha value is -0.530. The highest BCUT2D eigenvalue weighted by Gasteiger charge is 2.14. The quantitative estimate of drug-likeness (QED) is 0.124. The van der Waals surface area contributed by atoms with Crippen molar-refractivity contribution < 1.29 is 9.53 Å². The summed E-state index contributed by atoms with van der Waals surface area (Å²) in [5.74, 6) is 0.562. The Labute approximate surface area is 184 Å². The van der Waals surface area contributed by atoms with Crippen LogP contribution in [-0.4, -0.2) is 12.6 Å². The van der Waals surface area contributed by atoms with Crippen molar-refractivity contribution in [3.05, 3.63) is 0 Å². The lowest BCUT2D eigenvalue weighted by Crippen LogP contribution is -2.12. The Bertz CT molecular complexity index is 326. The van der Waals surface area contributed by atoms with Gasteiger partial charge in [0.1, 0.15) is 0 Å². The largest absolute Gasteiger partial charge is 0.466 e. The van der Waals surface area contributed by atoms with E-state index in [0.717, 1.165) is 0 Å². The molecule has 0 fully saturated rings. The minimum absolute atomic E-state index is 0.0177. The summed E-state index contributed by atoms with van der Waals surface area (Å²) in [6.07, 6.45) is 27.8. The fourth-order valence-electron chi connectivity index (χ4n) is 4.29. The first kappa shape index (κ1) is 28.5. The molecule has 0 heterocycles. The van der Waals surface area contributed by atoms with Gasteiger partial charge in [0.05, 0.1) is 6.61 Å². The van der Waals surface area contributed by atoms with E-state index in [1.807, 2.05) is 6.92 Å². The topological polar surface area (TPSA) is 26.3 Å². The summed E-state index contributed by atoms with van der Waals surface area (Å²) in [7, 11) is 0. The van der Waals surface area contributed by atoms with Crippen LogP contribution in [0.25, 0.3) is 0 Å². The molecule has 0 saturated carbocycles. The average molecular weight is 411 g/mol. The first-order valence-electron chi connectivity index (χ1n) is 13.4. The number of unbranched alkanes of at least 4 members (excludes halogenated alkanes) is 16. The van der Waals surface area contributed by atoms with Crippen LogP contribution in [0.15, 0.2) is 0 Å². The third-order valence-electron chi connectivity index (χ3n) is 6.19. The van der Waals surface area contributed by atoms with Crippen molar-refractivity contribution in [2.75, 3.05) is 6.61 Å². The molecule has 29 heavy (non-hydrogen) atoms. The normalized spacial score (nSPS) is 12.2. The molecular weight excluding hydrogens is 356 g/mol. The second-order valence-corrected chi connectivity index (χ2v) is 9.11. The standard InChI is InChI=1S/C27H54O2/c1-4-7-9-11-13-15-16-18-20-22-24-26(25-27(28)29-6-3)23-21-19-17-14-12-10-8-5-2/h26H,4-25H2,1-3H3. The zero-order valence-corrected chi connectivity index (χ0v) is 20.5. The van der Waals surface area contributed by atoms with Crippen LogP contribution in [0.3, 0.4) is 0 Å². The van der Waals surface area contributed by atoms with Crippen LogP contribution in [0.4, 0.5) is 0 Å². The molecule has 0 amide bonds. The lowest BCUT2D eigenvalue weighted by Gasteiger charge is -2.16.